The molecule has 102 valence electrons. The Kier molecular flexibility index (Phi) is 4.99. The van der Waals surface area contributed by atoms with Crippen LogP contribution in [0.25, 0.3) is 10.6 Å². The maximum absolute atomic E-state index is 4.29. The smallest absolute Gasteiger partial charge is 0.149 e. The van der Waals surface area contributed by atoms with E-state index in [1.165, 1.54) is 0 Å². The first kappa shape index (κ1) is 14.1. The van der Waals surface area contributed by atoms with Gasteiger partial charge in [0.2, 0.25) is 0 Å². The van der Waals surface area contributed by atoms with E-state index in [2.05, 4.69) is 34.3 Å². The summed E-state index contributed by atoms with van der Waals surface area (Å²) in [7, 11) is 0. The minimum atomic E-state index is 0.683. The second-order valence-electron chi connectivity index (χ2n) is 4.99. The van der Waals surface area contributed by atoms with E-state index < -0.39 is 0 Å². The van der Waals surface area contributed by atoms with Crippen LogP contribution in [-0.4, -0.2) is 28.3 Å². The van der Waals surface area contributed by atoms with E-state index in [0.29, 0.717) is 5.92 Å². The monoisotopic (exact) mass is 276 g/mol. The summed E-state index contributed by atoms with van der Waals surface area (Å²) in [4.78, 5) is 4.29. The number of aryl methyl sites for hydroxylation is 1. The molecule has 0 atom stereocenters. The van der Waals surface area contributed by atoms with Crippen LogP contribution in [0.1, 0.15) is 24.5 Å². The zero-order chi connectivity index (χ0) is 13.7. The molecule has 0 aliphatic rings. The lowest BCUT2D eigenvalue weighted by Gasteiger charge is -2.05. The van der Waals surface area contributed by atoms with Gasteiger partial charge in [-0.25, -0.2) is 0 Å². The molecule has 2 aromatic rings. The molecule has 0 spiro atoms. The molecule has 0 aliphatic carbocycles. The molecule has 0 saturated carbocycles. The summed E-state index contributed by atoms with van der Waals surface area (Å²) >= 11 is 1.66. The Morgan fingerprint density at radius 2 is 2.16 bits per heavy atom. The molecule has 4 nitrogen and oxygen atoms in total. The lowest BCUT2D eigenvalue weighted by molar-refractivity contribution is 0.553. The molecule has 0 aliphatic heterocycles. The Labute approximate surface area is 118 Å². The molecule has 19 heavy (non-hydrogen) atoms. The van der Waals surface area contributed by atoms with E-state index in [4.69, 9.17) is 0 Å². The summed E-state index contributed by atoms with van der Waals surface area (Å²) in [5.41, 5.74) is 2.09. The fourth-order valence-corrected chi connectivity index (χ4v) is 2.68. The molecule has 0 radical (unpaired) electrons. The highest BCUT2D eigenvalue weighted by Gasteiger charge is 2.09. The molecule has 0 fully saturated rings. The molecule has 2 heterocycles. The van der Waals surface area contributed by atoms with E-state index in [0.717, 1.165) is 40.8 Å². The van der Waals surface area contributed by atoms with Crippen LogP contribution in [0.4, 0.5) is 0 Å². The lowest BCUT2D eigenvalue weighted by atomic mass is 10.2. The van der Waals surface area contributed by atoms with E-state index >= 15 is 0 Å². The summed E-state index contributed by atoms with van der Waals surface area (Å²) in [5.74, 6) is 0.683. The van der Waals surface area contributed by atoms with Gasteiger partial charge in [0.05, 0.1) is 0 Å². The number of nitrogens with one attached hydrogen (secondary N) is 1. The van der Waals surface area contributed by atoms with E-state index in [1.54, 1.807) is 17.5 Å². The van der Waals surface area contributed by atoms with Crippen molar-refractivity contribution in [1.82, 2.24) is 20.5 Å². The predicted octanol–water partition coefficient (Wildman–Crippen LogP) is 2.70. The molecule has 5 heteroatoms. The summed E-state index contributed by atoms with van der Waals surface area (Å²) in [6.45, 7) is 8.43. The maximum Gasteiger partial charge on any atom is 0.149 e. The Morgan fingerprint density at radius 3 is 2.89 bits per heavy atom. The SMILES string of the molecule is Cc1ncccc1-c1nnc(CCNCC(C)C)s1. The number of hydrogen-bond donors (Lipinski definition) is 1. The third-order valence-electron chi connectivity index (χ3n) is 2.77. The van der Waals surface area contributed by atoms with Gasteiger partial charge in [-0.3, -0.25) is 4.98 Å². The first-order valence-corrected chi connectivity index (χ1v) is 7.43. The summed E-state index contributed by atoms with van der Waals surface area (Å²) in [6.07, 6.45) is 2.74. The minimum absolute atomic E-state index is 0.683. The van der Waals surface area contributed by atoms with Crippen molar-refractivity contribution < 1.29 is 0 Å². The minimum Gasteiger partial charge on any atom is -0.316 e. The van der Waals surface area contributed by atoms with Gasteiger partial charge in [0.1, 0.15) is 10.0 Å². The zero-order valence-corrected chi connectivity index (χ0v) is 12.5. The van der Waals surface area contributed by atoms with Gasteiger partial charge in [0, 0.05) is 30.4 Å². The van der Waals surface area contributed by atoms with Crippen molar-refractivity contribution in [2.45, 2.75) is 27.2 Å². The van der Waals surface area contributed by atoms with E-state index in [-0.39, 0.29) is 0 Å². The molecule has 0 saturated heterocycles. The van der Waals surface area contributed by atoms with Gasteiger partial charge in [0.25, 0.3) is 0 Å². The zero-order valence-electron chi connectivity index (χ0n) is 11.7. The molecule has 0 unspecified atom stereocenters. The predicted molar refractivity (Wildman–Crippen MR) is 79.3 cm³/mol. The Morgan fingerprint density at radius 1 is 1.32 bits per heavy atom. The molecule has 0 bridgehead atoms. The maximum atomic E-state index is 4.29. The molecule has 2 aromatic heterocycles. The van der Waals surface area contributed by atoms with Crippen molar-refractivity contribution in [3.05, 3.63) is 29.0 Å². The molecule has 1 N–H and O–H groups in total. The van der Waals surface area contributed by atoms with Gasteiger partial charge in [-0.2, -0.15) is 0 Å². The largest absolute Gasteiger partial charge is 0.316 e. The highest BCUT2D eigenvalue weighted by Crippen LogP contribution is 2.25. The highest BCUT2D eigenvalue weighted by molar-refractivity contribution is 7.14. The van der Waals surface area contributed by atoms with Crippen LogP contribution in [0.15, 0.2) is 18.3 Å². The Hall–Kier alpha value is -1.33. The number of hydrogen-bond acceptors (Lipinski definition) is 5. The van der Waals surface area contributed by atoms with Crippen LogP contribution < -0.4 is 5.32 Å². The molecule has 2 rings (SSSR count). The van der Waals surface area contributed by atoms with Crippen molar-refractivity contribution in [2.75, 3.05) is 13.1 Å². The van der Waals surface area contributed by atoms with E-state index in [9.17, 15) is 0 Å². The fourth-order valence-electron chi connectivity index (χ4n) is 1.76. The fraction of sp³-hybridized carbons (Fsp3) is 0.500. The van der Waals surface area contributed by atoms with Crippen LogP contribution >= 0.6 is 11.3 Å². The second-order valence-corrected chi connectivity index (χ2v) is 6.05. The molecule has 0 aromatic carbocycles. The molecular formula is C14H20N4S. The van der Waals surface area contributed by atoms with Crippen molar-refractivity contribution >= 4 is 11.3 Å². The topological polar surface area (TPSA) is 50.7 Å². The van der Waals surface area contributed by atoms with Crippen LogP contribution in [0.3, 0.4) is 0 Å². The quantitative estimate of drug-likeness (QED) is 0.824. The van der Waals surface area contributed by atoms with Gasteiger partial charge in [-0.05, 0) is 31.5 Å². The van der Waals surface area contributed by atoms with Crippen molar-refractivity contribution in [3.63, 3.8) is 0 Å². The number of nitrogens with zero attached hydrogens (tertiary/aromatic N) is 3. The van der Waals surface area contributed by atoms with E-state index in [1.807, 2.05) is 19.1 Å². The summed E-state index contributed by atoms with van der Waals surface area (Å²) in [6, 6.07) is 3.98. The van der Waals surface area contributed by atoms with Gasteiger partial charge in [-0.15, -0.1) is 10.2 Å². The van der Waals surface area contributed by atoms with Crippen LogP contribution in [0, 0.1) is 12.8 Å². The van der Waals surface area contributed by atoms with Gasteiger partial charge in [0.15, 0.2) is 0 Å². The van der Waals surface area contributed by atoms with Crippen LogP contribution in [-0.2, 0) is 6.42 Å². The Balaban J connectivity index is 1.94. The number of rotatable bonds is 6. The summed E-state index contributed by atoms with van der Waals surface area (Å²) in [5, 5.41) is 14.0. The molecule has 0 amide bonds. The third kappa shape index (κ3) is 4.08. The number of pyridine rings is 1. The third-order valence-corrected chi connectivity index (χ3v) is 3.79. The lowest BCUT2D eigenvalue weighted by Crippen LogP contribution is -2.22. The normalized spacial score (nSPS) is 11.2. The standard InChI is InChI=1S/C14H20N4S/c1-10(2)9-15-8-6-13-17-18-14(19-13)12-5-4-7-16-11(12)3/h4-5,7,10,15H,6,8-9H2,1-3H3. The van der Waals surface area contributed by atoms with Gasteiger partial charge < -0.3 is 5.32 Å². The van der Waals surface area contributed by atoms with Crippen molar-refractivity contribution in [2.24, 2.45) is 5.92 Å². The highest BCUT2D eigenvalue weighted by atomic mass is 32.1. The second kappa shape index (κ2) is 6.73. The van der Waals surface area contributed by atoms with Gasteiger partial charge in [-0.1, -0.05) is 25.2 Å². The summed E-state index contributed by atoms with van der Waals surface area (Å²) < 4.78 is 0. The first-order valence-electron chi connectivity index (χ1n) is 6.62. The Bertz CT molecular complexity index is 522. The van der Waals surface area contributed by atoms with Crippen LogP contribution in [0.5, 0.6) is 0 Å². The van der Waals surface area contributed by atoms with Gasteiger partial charge >= 0.3 is 0 Å². The molecular weight excluding hydrogens is 256 g/mol. The van der Waals surface area contributed by atoms with Crippen molar-refractivity contribution in [3.8, 4) is 10.6 Å². The number of aromatic nitrogens is 3. The average Bonchev–Trinajstić information content (AvgIpc) is 2.83. The van der Waals surface area contributed by atoms with Crippen molar-refractivity contribution in [1.29, 1.82) is 0 Å². The average molecular weight is 276 g/mol. The first-order chi connectivity index (χ1) is 9.16. The van der Waals surface area contributed by atoms with Crippen LogP contribution in [0.2, 0.25) is 0 Å².